The number of aliphatic carboxylic acids is 1. The van der Waals surface area contributed by atoms with E-state index in [1.165, 1.54) is 6.92 Å². The summed E-state index contributed by atoms with van der Waals surface area (Å²) in [7, 11) is 0. The van der Waals surface area contributed by atoms with Crippen LogP contribution in [0.5, 0.6) is 0 Å². The molecule has 0 spiro atoms. The van der Waals surface area contributed by atoms with Crippen molar-refractivity contribution in [2.45, 2.75) is 19.4 Å². The third-order valence-electron chi connectivity index (χ3n) is 0.924. The summed E-state index contributed by atoms with van der Waals surface area (Å²) in [6, 6.07) is 0. The highest BCUT2D eigenvalue weighted by Gasteiger charge is 2.11. The summed E-state index contributed by atoms with van der Waals surface area (Å²) >= 11 is 0. The number of hydrogen-bond acceptors (Lipinski definition) is 4. The molecule has 0 aromatic carbocycles. The molecular formula is C6H10O5. The molecule has 0 fully saturated rings. The molecule has 0 rings (SSSR count). The highest BCUT2D eigenvalue weighted by molar-refractivity contribution is 5.72. The standard InChI is InChI=1S/C6H10O5/c1-4(2-5(8)9)11-6(10)3-7/h4,7H,2-3H2,1H3,(H,8,9). The lowest BCUT2D eigenvalue weighted by molar-refractivity contribution is -0.154. The van der Waals surface area contributed by atoms with Crippen molar-refractivity contribution in [1.82, 2.24) is 0 Å². The molecule has 0 saturated carbocycles. The molecule has 11 heavy (non-hydrogen) atoms. The summed E-state index contributed by atoms with van der Waals surface area (Å²) in [4.78, 5) is 20.4. The van der Waals surface area contributed by atoms with Gasteiger partial charge in [-0.2, -0.15) is 0 Å². The molecule has 5 nitrogen and oxygen atoms in total. The number of rotatable bonds is 4. The fraction of sp³-hybridized carbons (Fsp3) is 0.667. The zero-order chi connectivity index (χ0) is 8.85. The van der Waals surface area contributed by atoms with E-state index in [9.17, 15) is 9.59 Å². The Morgan fingerprint density at radius 2 is 2.09 bits per heavy atom. The fourth-order valence-corrected chi connectivity index (χ4v) is 0.549. The van der Waals surface area contributed by atoms with Gasteiger partial charge in [0.2, 0.25) is 0 Å². The van der Waals surface area contributed by atoms with Crippen molar-refractivity contribution in [3.8, 4) is 0 Å². The van der Waals surface area contributed by atoms with Gasteiger partial charge in [0.1, 0.15) is 12.7 Å². The predicted molar refractivity (Wildman–Crippen MR) is 34.9 cm³/mol. The van der Waals surface area contributed by atoms with Crippen LogP contribution < -0.4 is 0 Å². The zero-order valence-electron chi connectivity index (χ0n) is 6.11. The minimum atomic E-state index is -1.04. The van der Waals surface area contributed by atoms with Crippen LogP contribution in [0.2, 0.25) is 0 Å². The van der Waals surface area contributed by atoms with Gasteiger partial charge in [-0.05, 0) is 6.92 Å². The number of ether oxygens (including phenoxy) is 1. The van der Waals surface area contributed by atoms with Gasteiger partial charge in [-0.15, -0.1) is 0 Å². The lowest BCUT2D eigenvalue weighted by atomic mass is 10.3. The van der Waals surface area contributed by atoms with E-state index in [0.29, 0.717) is 0 Å². The van der Waals surface area contributed by atoms with Crippen LogP contribution in [-0.2, 0) is 14.3 Å². The van der Waals surface area contributed by atoms with E-state index < -0.39 is 24.6 Å². The topological polar surface area (TPSA) is 83.8 Å². The molecule has 0 aromatic heterocycles. The largest absolute Gasteiger partial charge is 0.481 e. The highest BCUT2D eigenvalue weighted by Crippen LogP contribution is 1.96. The van der Waals surface area contributed by atoms with Crippen LogP contribution in [0.25, 0.3) is 0 Å². The van der Waals surface area contributed by atoms with E-state index >= 15 is 0 Å². The van der Waals surface area contributed by atoms with Gasteiger partial charge in [0.25, 0.3) is 0 Å². The zero-order valence-corrected chi connectivity index (χ0v) is 6.11. The molecule has 64 valence electrons. The first kappa shape index (κ1) is 9.90. The molecule has 2 N–H and O–H groups in total. The highest BCUT2D eigenvalue weighted by atomic mass is 16.6. The second-order valence-corrected chi connectivity index (χ2v) is 2.06. The smallest absolute Gasteiger partial charge is 0.332 e. The third kappa shape index (κ3) is 5.35. The van der Waals surface area contributed by atoms with E-state index in [0.717, 1.165) is 0 Å². The van der Waals surface area contributed by atoms with E-state index in [-0.39, 0.29) is 6.42 Å². The predicted octanol–water partition coefficient (Wildman–Crippen LogP) is -0.615. The summed E-state index contributed by atoms with van der Waals surface area (Å²) in [6.07, 6.45) is -0.932. The molecule has 1 unspecified atom stereocenters. The summed E-state index contributed by atoms with van der Waals surface area (Å²) < 4.78 is 4.44. The van der Waals surface area contributed by atoms with Crippen LogP contribution in [0, 0.1) is 0 Å². The third-order valence-corrected chi connectivity index (χ3v) is 0.924. The molecule has 0 bridgehead atoms. The minimum absolute atomic E-state index is 0.244. The minimum Gasteiger partial charge on any atom is -0.481 e. The summed E-state index contributed by atoms with van der Waals surface area (Å²) in [5.41, 5.74) is 0. The number of carboxylic acids is 1. The van der Waals surface area contributed by atoms with Gasteiger partial charge in [0.15, 0.2) is 0 Å². The molecule has 0 aliphatic carbocycles. The SMILES string of the molecule is CC(CC(=O)O)OC(=O)CO. The van der Waals surface area contributed by atoms with Crippen molar-refractivity contribution in [3.05, 3.63) is 0 Å². The maximum absolute atomic E-state index is 10.3. The molecule has 0 amide bonds. The monoisotopic (exact) mass is 162 g/mol. The van der Waals surface area contributed by atoms with Gasteiger partial charge >= 0.3 is 11.9 Å². The van der Waals surface area contributed by atoms with Gasteiger partial charge in [0.05, 0.1) is 6.42 Å². The second-order valence-electron chi connectivity index (χ2n) is 2.06. The molecule has 0 aliphatic rings. The van der Waals surface area contributed by atoms with E-state index in [1.54, 1.807) is 0 Å². The lowest BCUT2D eigenvalue weighted by Crippen LogP contribution is -2.20. The van der Waals surface area contributed by atoms with Crippen molar-refractivity contribution in [3.63, 3.8) is 0 Å². The molecule has 0 heterocycles. The van der Waals surface area contributed by atoms with Gasteiger partial charge < -0.3 is 14.9 Å². The maximum Gasteiger partial charge on any atom is 0.332 e. The Morgan fingerprint density at radius 1 is 1.55 bits per heavy atom. The van der Waals surface area contributed by atoms with Crippen LogP contribution in [-0.4, -0.2) is 34.9 Å². The van der Waals surface area contributed by atoms with Gasteiger partial charge in [-0.25, -0.2) is 4.79 Å². The Hall–Kier alpha value is -1.10. The van der Waals surface area contributed by atoms with Crippen LogP contribution in [0.3, 0.4) is 0 Å². The van der Waals surface area contributed by atoms with Gasteiger partial charge in [0, 0.05) is 0 Å². The fourth-order valence-electron chi connectivity index (χ4n) is 0.549. The molecule has 0 radical (unpaired) electrons. The number of hydrogen-bond donors (Lipinski definition) is 2. The van der Waals surface area contributed by atoms with Crippen molar-refractivity contribution >= 4 is 11.9 Å². The Kier molecular flexibility index (Phi) is 4.21. The number of esters is 1. The molecule has 0 saturated heterocycles. The molecule has 0 aromatic rings. The maximum atomic E-state index is 10.3. The number of carboxylic acid groups (broad SMARTS) is 1. The Balaban J connectivity index is 3.60. The number of carbonyl (C=O) groups excluding carboxylic acids is 1. The van der Waals surface area contributed by atoms with Crippen molar-refractivity contribution in [1.29, 1.82) is 0 Å². The number of aliphatic hydroxyl groups excluding tert-OH is 1. The number of aliphatic hydroxyl groups is 1. The van der Waals surface area contributed by atoms with E-state index in [4.69, 9.17) is 10.2 Å². The average molecular weight is 162 g/mol. The van der Waals surface area contributed by atoms with E-state index in [1.807, 2.05) is 0 Å². The Bertz CT molecular complexity index is 153. The first-order valence-electron chi connectivity index (χ1n) is 3.08. The van der Waals surface area contributed by atoms with Crippen molar-refractivity contribution in [2.24, 2.45) is 0 Å². The molecule has 5 heteroatoms. The quantitative estimate of drug-likeness (QED) is 0.538. The Labute approximate surface area is 63.6 Å². The van der Waals surface area contributed by atoms with Crippen LogP contribution in [0.4, 0.5) is 0 Å². The first-order chi connectivity index (χ1) is 5.06. The second kappa shape index (κ2) is 4.68. The summed E-state index contributed by atoms with van der Waals surface area (Å²) in [6.45, 7) is 0.728. The van der Waals surface area contributed by atoms with Crippen LogP contribution in [0.15, 0.2) is 0 Å². The van der Waals surface area contributed by atoms with Gasteiger partial charge in [-0.3, -0.25) is 4.79 Å². The summed E-state index contributed by atoms with van der Waals surface area (Å²) in [5, 5.41) is 16.4. The van der Waals surface area contributed by atoms with Gasteiger partial charge in [-0.1, -0.05) is 0 Å². The Morgan fingerprint density at radius 3 is 2.45 bits per heavy atom. The normalized spacial score (nSPS) is 12.2. The van der Waals surface area contributed by atoms with Crippen LogP contribution in [0.1, 0.15) is 13.3 Å². The first-order valence-corrected chi connectivity index (χ1v) is 3.08. The lowest BCUT2D eigenvalue weighted by Gasteiger charge is -2.08. The molecule has 0 aliphatic heterocycles. The number of carbonyl (C=O) groups is 2. The van der Waals surface area contributed by atoms with Crippen molar-refractivity contribution < 1.29 is 24.5 Å². The van der Waals surface area contributed by atoms with Crippen molar-refractivity contribution in [2.75, 3.05) is 6.61 Å². The average Bonchev–Trinajstić information content (AvgIpc) is 1.85. The summed E-state index contributed by atoms with van der Waals surface area (Å²) in [5.74, 6) is -1.85. The van der Waals surface area contributed by atoms with E-state index in [2.05, 4.69) is 4.74 Å². The molecular weight excluding hydrogens is 152 g/mol. The van der Waals surface area contributed by atoms with Crippen LogP contribution >= 0.6 is 0 Å². The molecule has 1 atom stereocenters.